The van der Waals surface area contributed by atoms with E-state index >= 15 is 0 Å². The smallest absolute Gasteiger partial charge is 0.220 e. The molecule has 0 aromatic carbocycles. The van der Waals surface area contributed by atoms with Crippen LogP contribution in [0.5, 0.6) is 0 Å². The predicted octanol–water partition coefficient (Wildman–Crippen LogP) is 0.856. The molecular weight excluding hydrogens is 206 g/mol. The second kappa shape index (κ2) is 7.41. The Labute approximate surface area is 96.7 Å². The SMILES string of the molecule is COCC(O)CCNC(=O)CC1C=CCC1. The van der Waals surface area contributed by atoms with Gasteiger partial charge in [0.1, 0.15) is 0 Å². The lowest BCUT2D eigenvalue weighted by molar-refractivity contribution is -0.121. The van der Waals surface area contributed by atoms with Crippen LogP contribution in [0.15, 0.2) is 12.2 Å². The lowest BCUT2D eigenvalue weighted by Gasteiger charge is -2.11. The van der Waals surface area contributed by atoms with E-state index in [0.717, 1.165) is 12.8 Å². The van der Waals surface area contributed by atoms with Gasteiger partial charge in [-0.15, -0.1) is 0 Å². The van der Waals surface area contributed by atoms with Crippen LogP contribution >= 0.6 is 0 Å². The van der Waals surface area contributed by atoms with E-state index in [4.69, 9.17) is 4.74 Å². The predicted molar refractivity (Wildman–Crippen MR) is 62.0 cm³/mol. The summed E-state index contributed by atoms with van der Waals surface area (Å²) in [5, 5.41) is 12.2. The Balaban J connectivity index is 2.03. The van der Waals surface area contributed by atoms with Gasteiger partial charge in [-0.2, -0.15) is 0 Å². The summed E-state index contributed by atoms with van der Waals surface area (Å²) < 4.78 is 4.80. The highest BCUT2D eigenvalue weighted by Crippen LogP contribution is 2.19. The number of aliphatic hydroxyl groups is 1. The highest BCUT2D eigenvalue weighted by Gasteiger charge is 2.13. The van der Waals surface area contributed by atoms with Crippen LogP contribution in [0.2, 0.25) is 0 Å². The Morgan fingerprint density at radius 2 is 2.50 bits per heavy atom. The van der Waals surface area contributed by atoms with Gasteiger partial charge in [0, 0.05) is 20.1 Å². The number of amides is 1. The molecule has 1 aliphatic carbocycles. The van der Waals surface area contributed by atoms with Crippen LogP contribution in [0.1, 0.15) is 25.7 Å². The zero-order valence-electron chi connectivity index (χ0n) is 9.82. The molecule has 0 aromatic heterocycles. The van der Waals surface area contributed by atoms with E-state index in [1.165, 1.54) is 0 Å². The second-order valence-electron chi connectivity index (χ2n) is 4.22. The maximum Gasteiger partial charge on any atom is 0.220 e. The molecule has 2 atom stereocenters. The summed E-state index contributed by atoms with van der Waals surface area (Å²) in [6, 6.07) is 0. The van der Waals surface area contributed by atoms with Crippen LogP contribution in [0.3, 0.4) is 0 Å². The van der Waals surface area contributed by atoms with Crippen molar-refractivity contribution >= 4 is 5.91 Å². The molecule has 1 aliphatic rings. The molecule has 2 N–H and O–H groups in total. The first-order valence-electron chi connectivity index (χ1n) is 5.82. The van der Waals surface area contributed by atoms with Crippen molar-refractivity contribution in [2.24, 2.45) is 5.92 Å². The average Bonchev–Trinajstić information content (AvgIpc) is 2.70. The van der Waals surface area contributed by atoms with Gasteiger partial charge in [0.2, 0.25) is 5.91 Å². The normalized spacial score (nSPS) is 21.0. The monoisotopic (exact) mass is 227 g/mol. The molecule has 0 saturated heterocycles. The third-order valence-corrected chi connectivity index (χ3v) is 2.72. The topological polar surface area (TPSA) is 58.6 Å². The summed E-state index contributed by atoms with van der Waals surface area (Å²) in [6.45, 7) is 0.834. The van der Waals surface area contributed by atoms with Gasteiger partial charge in [0.15, 0.2) is 0 Å². The van der Waals surface area contributed by atoms with Gasteiger partial charge in [0.05, 0.1) is 12.7 Å². The molecule has 0 bridgehead atoms. The van der Waals surface area contributed by atoms with E-state index in [9.17, 15) is 9.90 Å². The van der Waals surface area contributed by atoms with Crippen LogP contribution < -0.4 is 5.32 Å². The maximum absolute atomic E-state index is 11.5. The summed E-state index contributed by atoms with van der Waals surface area (Å²) in [6.07, 6.45) is 7.03. The molecule has 4 nitrogen and oxygen atoms in total. The minimum absolute atomic E-state index is 0.0705. The van der Waals surface area contributed by atoms with E-state index in [0.29, 0.717) is 31.9 Å². The first-order chi connectivity index (χ1) is 7.72. The van der Waals surface area contributed by atoms with Crippen molar-refractivity contribution in [3.8, 4) is 0 Å². The number of methoxy groups -OCH3 is 1. The number of hydrogen-bond acceptors (Lipinski definition) is 3. The molecule has 0 spiro atoms. The van der Waals surface area contributed by atoms with E-state index in [-0.39, 0.29) is 5.91 Å². The molecule has 0 aromatic rings. The van der Waals surface area contributed by atoms with Gasteiger partial charge >= 0.3 is 0 Å². The van der Waals surface area contributed by atoms with Gasteiger partial charge < -0.3 is 15.2 Å². The molecule has 16 heavy (non-hydrogen) atoms. The lowest BCUT2D eigenvalue weighted by atomic mass is 10.1. The summed E-state index contributed by atoms with van der Waals surface area (Å²) in [5.41, 5.74) is 0. The summed E-state index contributed by atoms with van der Waals surface area (Å²) in [5.74, 6) is 0.477. The van der Waals surface area contributed by atoms with Gasteiger partial charge in [-0.3, -0.25) is 4.79 Å². The minimum atomic E-state index is -0.489. The van der Waals surface area contributed by atoms with Gasteiger partial charge in [-0.25, -0.2) is 0 Å². The van der Waals surface area contributed by atoms with Crippen LogP contribution in [0, 0.1) is 5.92 Å². The lowest BCUT2D eigenvalue weighted by Crippen LogP contribution is -2.29. The Morgan fingerprint density at radius 3 is 3.12 bits per heavy atom. The molecule has 0 heterocycles. The van der Waals surface area contributed by atoms with Crippen LogP contribution in [0.4, 0.5) is 0 Å². The van der Waals surface area contributed by atoms with Crippen molar-refractivity contribution in [1.29, 1.82) is 0 Å². The second-order valence-corrected chi connectivity index (χ2v) is 4.22. The standard InChI is InChI=1S/C12H21NO3/c1-16-9-11(14)6-7-13-12(15)8-10-4-2-3-5-10/h2,4,10-11,14H,3,5-9H2,1H3,(H,13,15). The fourth-order valence-electron chi connectivity index (χ4n) is 1.83. The molecule has 2 unspecified atom stereocenters. The summed E-state index contributed by atoms with van der Waals surface area (Å²) >= 11 is 0. The zero-order chi connectivity index (χ0) is 11.8. The number of allylic oxidation sites excluding steroid dienone is 2. The zero-order valence-corrected chi connectivity index (χ0v) is 9.82. The highest BCUT2D eigenvalue weighted by molar-refractivity contribution is 5.76. The molecule has 4 heteroatoms. The van der Waals surface area contributed by atoms with Crippen molar-refractivity contribution in [2.75, 3.05) is 20.3 Å². The molecule has 0 aliphatic heterocycles. The number of carbonyl (C=O) groups excluding carboxylic acids is 1. The Kier molecular flexibility index (Phi) is 6.11. The molecule has 0 radical (unpaired) electrons. The molecule has 1 rings (SSSR count). The van der Waals surface area contributed by atoms with E-state index in [2.05, 4.69) is 17.5 Å². The molecule has 1 amide bonds. The average molecular weight is 227 g/mol. The van der Waals surface area contributed by atoms with E-state index in [1.807, 2.05) is 0 Å². The van der Waals surface area contributed by atoms with Crippen molar-refractivity contribution in [2.45, 2.75) is 31.8 Å². The third-order valence-electron chi connectivity index (χ3n) is 2.72. The van der Waals surface area contributed by atoms with Gasteiger partial charge in [-0.1, -0.05) is 12.2 Å². The Morgan fingerprint density at radius 1 is 1.69 bits per heavy atom. The van der Waals surface area contributed by atoms with Crippen molar-refractivity contribution < 1.29 is 14.6 Å². The van der Waals surface area contributed by atoms with Crippen LogP contribution in [-0.4, -0.2) is 37.4 Å². The van der Waals surface area contributed by atoms with Crippen molar-refractivity contribution in [1.82, 2.24) is 5.32 Å². The van der Waals surface area contributed by atoms with Crippen molar-refractivity contribution in [3.63, 3.8) is 0 Å². The molecule has 92 valence electrons. The fourth-order valence-corrected chi connectivity index (χ4v) is 1.83. The largest absolute Gasteiger partial charge is 0.391 e. The molecular formula is C12H21NO3. The third kappa shape index (κ3) is 5.28. The highest BCUT2D eigenvalue weighted by atomic mass is 16.5. The van der Waals surface area contributed by atoms with Gasteiger partial charge in [0.25, 0.3) is 0 Å². The number of aliphatic hydroxyl groups excluding tert-OH is 1. The van der Waals surface area contributed by atoms with Crippen LogP contribution in [0.25, 0.3) is 0 Å². The summed E-state index contributed by atoms with van der Waals surface area (Å²) in [7, 11) is 1.55. The minimum Gasteiger partial charge on any atom is -0.391 e. The van der Waals surface area contributed by atoms with Gasteiger partial charge in [-0.05, 0) is 25.2 Å². The number of carbonyl (C=O) groups is 1. The van der Waals surface area contributed by atoms with E-state index < -0.39 is 6.10 Å². The number of nitrogens with one attached hydrogen (secondary N) is 1. The quantitative estimate of drug-likeness (QED) is 0.634. The number of ether oxygens (including phenoxy) is 1. The first-order valence-corrected chi connectivity index (χ1v) is 5.82. The van der Waals surface area contributed by atoms with Crippen molar-refractivity contribution in [3.05, 3.63) is 12.2 Å². The Hall–Kier alpha value is -0.870. The molecule has 0 fully saturated rings. The number of hydrogen-bond donors (Lipinski definition) is 2. The fraction of sp³-hybridized carbons (Fsp3) is 0.750. The molecule has 0 saturated carbocycles. The van der Waals surface area contributed by atoms with Crippen LogP contribution in [-0.2, 0) is 9.53 Å². The first kappa shape index (κ1) is 13.2. The summed E-state index contributed by atoms with van der Waals surface area (Å²) in [4.78, 5) is 11.5. The Bertz CT molecular complexity index is 240. The maximum atomic E-state index is 11.5. The number of rotatable bonds is 7. The van der Waals surface area contributed by atoms with E-state index in [1.54, 1.807) is 7.11 Å².